The van der Waals surface area contributed by atoms with Gasteiger partial charge in [-0.15, -0.1) is 0 Å². The molecule has 0 aromatic heterocycles. The molecule has 12 nitrogen and oxygen atoms in total. The topological polar surface area (TPSA) is 131 Å². The van der Waals surface area contributed by atoms with Crippen LogP contribution in [0.25, 0.3) is 0 Å². The zero-order valence-electron chi connectivity index (χ0n) is 15.0. The van der Waals surface area contributed by atoms with Gasteiger partial charge in [0, 0.05) is 0 Å². The maximum absolute atomic E-state index is 13.1. The second-order valence-corrected chi connectivity index (χ2v) is 7.39. The third-order valence-electron chi connectivity index (χ3n) is 5.00. The number of amides is 8. The Bertz CT molecular complexity index is 571. The largest absolute Gasteiger partial charge is 0.371 e. The standard InChI is InChI=1S/C16H20N4O8/c21-13-17(1-9-5-25-9)14(22)19(3-11-7-27-11)16(24)20(4-12-8-28-12)15(23)18(13)2-10-6-26-10/h9-12H,1-8H2. The van der Waals surface area contributed by atoms with Crippen molar-refractivity contribution in [2.45, 2.75) is 24.4 Å². The molecule has 28 heavy (non-hydrogen) atoms. The van der Waals surface area contributed by atoms with Gasteiger partial charge in [0.1, 0.15) is 0 Å². The van der Waals surface area contributed by atoms with Gasteiger partial charge in [0.15, 0.2) is 0 Å². The van der Waals surface area contributed by atoms with Crippen LogP contribution in [0.4, 0.5) is 19.2 Å². The summed E-state index contributed by atoms with van der Waals surface area (Å²) >= 11 is 0. The Kier molecular flexibility index (Phi) is 4.23. The number of urea groups is 4. The molecule has 5 saturated heterocycles. The first-order valence-corrected chi connectivity index (χ1v) is 9.23. The van der Waals surface area contributed by atoms with Gasteiger partial charge in [-0.1, -0.05) is 0 Å². The fraction of sp³-hybridized carbons (Fsp3) is 0.750. The molecule has 0 aromatic rings. The summed E-state index contributed by atoms with van der Waals surface area (Å²) in [6.07, 6.45) is -1.14. The van der Waals surface area contributed by atoms with Crippen LogP contribution in [0, 0.1) is 0 Å². The third-order valence-corrected chi connectivity index (χ3v) is 5.00. The van der Waals surface area contributed by atoms with E-state index in [9.17, 15) is 19.2 Å². The number of imide groups is 4. The minimum absolute atomic E-state index is 0.0198. The van der Waals surface area contributed by atoms with E-state index in [1.807, 2.05) is 0 Å². The summed E-state index contributed by atoms with van der Waals surface area (Å²) in [6.45, 7) is 1.59. The molecule has 0 aliphatic carbocycles. The zero-order chi connectivity index (χ0) is 19.4. The molecular weight excluding hydrogens is 376 g/mol. The Hall–Kier alpha value is -2.28. The molecular formula is C16H20N4O8. The van der Waals surface area contributed by atoms with E-state index in [-0.39, 0.29) is 50.6 Å². The summed E-state index contributed by atoms with van der Waals surface area (Å²) in [5.74, 6) is 0. The van der Waals surface area contributed by atoms with Crippen LogP contribution in [0.2, 0.25) is 0 Å². The molecule has 12 heteroatoms. The smallest absolute Gasteiger partial charge is 0.336 e. The minimum Gasteiger partial charge on any atom is -0.371 e. The van der Waals surface area contributed by atoms with Crippen LogP contribution in [0.3, 0.4) is 0 Å². The molecule has 0 radical (unpaired) electrons. The van der Waals surface area contributed by atoms with Gasteiger partial charge in [-0.3, -0.25) is 0 Å². The molecule has 0 saturated carbocycles. The predicted molar refractivity (Wildman–Crippen MR) is 87.4 cm³/mol. The van der Waals surface area contributed by atoms with E-state index in [0.717, 1.165) is 19.6 Å². The molecule has 5 aliphatic heterocycles. The number of carbonyl (C=O) groups excluding carboxylic acids is 4. The lowest BCUT2D eigenvalue weighted by Crippen LogP contribution is -2.65. The van der Waals surface area contributed by atoms with Gasteiger partial charge in [0.2, 0.25) is 0 Å². The van der Waals surface area contributed by atoms with Gasteiger partial charge >= 0.3 is 24.1 Å². The second kappa shape index (κ2) is 6.65. The van der Waals surface area contributed by atoms with Crippen molar-refractivity contribution in [2.75, 3.05) is 52.6 Å². The summed E-state index contributed by atoms with van der Waals surface area (Å²) in [5.41, 5.74) is 0. The highest BCUT2D eigenvalue weighted by molar-refractivity contribution is 6.12. The minimum atomic E-state index is -0.781. The lowest BCUT2D eigenvalue weighted by Gasteiger charge is -2.38. The van der Waals surface area contributed by atoms with Crippen molar-refractivity contribution >= 4 is 24.1 Å². The molecule has 4 unspecified atom stereocenters. The molecule has 0 aromatic carbocycles. The number of ether oxygens (including phenoxy) is 4. The van der Waals surface area contributed by atoms with Crippen LogP contribution in [-0.4, -0.2) is 121 Å². The van der Waals surface area contributed by atoms with Crippen molar-refractivity contribution in [2.24, 2.45) is 0 Å². The second-order valence-electron chi connectivity index (χ2n) is 7.39. The number of hydrogen-bond acceptors (Lipinski definition) is 8. The van der Waals surface area contributed by atoms with E-state index < -0.39 is 24.1 Å². The molecule has 5 rings (SSSR count). The van der Waals surface area contributed by atoms with Crippen molar-refractivity contribution < 1.29 is 38.1 Å². The van der Waals surface area contributed by atoms with Crippen molar-refractivity contribution in [3.63, 3.8) is 0 Å². The fourth-order valence-electron chi connectivity index (χ4n) is 3.04. The molecule has 0 N–H and O–H groups in total. The summed E-state index contributed by atoms with van der Waals surface area (Å²) < 4.78 is 20.6. The summed E-state index contributed by atoms with van der Waals surface area (Å²) in [7, 11) is 0. The highest BCUT2D eigenvalue weighted by Gasteiger charge is 2.49. The normalized spacial score (nSPS) is 34.6. The van der Waals surface area contributed by atoms with E-state index in [1.165, 1.54) is 0 Å². The molecule has 152 valence electrons. The Morgan fingerprint density at radius 2 is 0.679 bits per heavy atom. The lowest BCUT2D eigenvalue weighted by atomic mass is 10.3. The zero-order valence-corrected chi connectivity index (χ0v) is 15.0. The van der Waals surface area contributed by atoms with E-state index in [2.05, 4.69) is 0 Å². The van der Waals surface area contributed by atoms with Gasteiger partial charge in [-0.05, 0) is 0 Å². The number of nitrogens with zero attached hydrogens (tertiary/aromatic N) is 4. The van der Waals surface area contributed by atoms with E-state index in [0.29, 0.717) is 26.4 Å². The summed E-state index contributed by atoms with van der Waals surface area (Å²) in [6, 6.07) is -3.12. The first kappa shape index (κ1) is 17.8. The first-order chi connectivity index (χ1) is 13.5. The van der Waals surface area contributed by atoms with Gasteiger partial charge in [0.05, 0.1) is 77.0 Å². The molecule has 0 bridgehead atoms. The van der Waals surface area contributed by atoms with Crippen LogP contribution >= 0.6 is 0 Å². The molecule has 8 amide bonds. The molecule has 4 atom stereocenters. The van der Waals surface area contributed by atoms with Crippen molar-refractivity contribution in [1.82, 2.24) is 19.6 Å². The monoisotopic (exact) mass is 396 g/mol. The Balaban J connectivity index is 1.46. The summed E-state index contributed by atoms with van der Waals surface area (Å²) in [5, 5.41) is 0. The molecule has 0 spiro atoms. The number of epoxide rings is 4. The maximum atomic E-state index is 13.1. The van der Waals surface area contributed by atoms with Crippen molar-refractivity contribution in [1.29, 1.82) is 0 Å². The molecule has 5 heterocycles. The van der Waals surface area contributed by atoms with E-state index >= 15 is 0 Å². The SMILES string of the molecule is O=C1N(CC2CO2)C(=O)N(CC2CO2)C(=O)N(CC2CO2)C(=O)N1CC1CO1. The number of rotatable bonds is 8. The van der Waals surface area contributed by atoms with Gasteiger partial charge in [0.25, 0.3) is 0 Å². The third kappa shape index (κ3) is 3.68. The van der Waals surface area contributed by atoms with Crippen LogP contribution in [-0.2, 0) is 18.9 Å². The number of hydrogen-bond donors (Lipinski definition) is 0. The Morgan fingerprint density at radius 3 is 0.821 bits per heavy atom. The average molecular weight is 396 g/mol. The van der Waals surface area contributed by atoms with Crippen LogP contribution in [0.1, 0.15) is 0 Å². The van der Waals surface area contributed by atoms with Gasteiger partial charge < -0.3 is 18.9 Å². The molecule has 5 aliphatic rings. The fourth-order valence-corrected chi connectivity index (χ4v) is 3.04. The molecule has 5 fully saturated rings. The van der Waals surface area contributed by atoms with E-state index in [1.54, 1.807) is 0 Å². The van der Waals surface area contributed by atoms with E-state index in [4.69, 9.17) is 18.9 Å². The summed E-state index contributed by atoms with van der Waals surface area (Å²) in [4.78, 5) is 56.1. The maximum Gasteiger partial charge on any atom is 0.336 e. The van der Waals surface area contributed by atoms with Gasteiger partial charge in [-0.25, -0.2) is 38.8 Å². The Morgan fingerprint density at radius 1 is 0.500 bits per heavy atom. The van der Waals surface area contributed by atoms with Gasteiger partial charge in [-0.2, -0.15) is 0 Å². The van der Waals surface area contributed by atoms with Crippen LogP contribution < -0.4 is 0 Å². The highest BCUT2D eigenvalue weighted by Crippen LogP contribution is 2.24. The van der Waals surface area contributed by atoms with Crippen molar-refractivity contribution in [3.05, 3.63) is 0 Å². The number of carbonyl (C=O) groups is 4. The predicted octanol–water partition coefficient (Wildman–Crippen LogP) is -0.717. The van der Waals surface area contributed by atoms with Crippen LogP contribution in [0.5, 0.6) is 0 Å². The highest BCUT2D eigenvalue weighted by atomic mass is 16.6. The lowest BCUT2D eigenvalue weighted by molar-refractivity contribution is 0.0995. The Labute approximate surface area is 159 Å². The van der Waals surface area contributed by atoms with Crippen molar-refractivity contribution in [3.8, 4) is 0 Å². The van der Waals surface area contributed by atoms with Crippen LogP contribution in [0.15, 0.2) is 0 Å². The average Bonchev–Trinajstić information content (AvgIpc) is 3.53. The quantitative estimate of drug-likeness (QED) is 0.491. The first-order valence-electron chi connectivity index (χ1n) is 9.23.